The number of nitrogens with two attached hydrogens (primary N) is 1. The molecule has 0 saturated carbocycles. The summed E-state index contributed by atoms with van der Waals surface area (Å²) in [6.07, 6.45) is 0. The van der Waals surface area contributed by atoms with Crippen molar-refractivity contribution in [3.63, 3.8) is 0 Å². The number of rotatable bonds is 11. The van der Waals surface area contributed by atoms with Gasteiger partial charge < -0.3 is 40.6 Å². The molecule has 6 aromatic rings. The molecule has 6 rings (SSSR count). The molecular weight excluding hydrogens is 803 g/mol. The Morgan fingerprint density at radius 2 is 1.56 bits per heavy atom. The van der Waals surface area contributed by atoms with Gasteiger partial charge in [0.25, 0.3) is 0 Å². The molecule has 0 aliphatic heterocycles. The SMILES string of the molecule is Cc1ccc2c(N=Nc3c(SOO[O-])cc4cc(S(=O)(=O)[O-])cc(Nc5nc(O)nc(Nc6ccccc6C(=O)ON)n5)c4c3O)c(O)ccc2c1.[K+].[K+]. The van der Waals surface area contributed by atoms with Crippen LogP contribution in [0.5, 0.6) is 17.5 Å². The molecule has 0 aliphatic carbocycles. The molecule has 0 aliphatic rings. The molecule has 266 valence electrons. The number of phenolic OH excluding ortho intramolecular Hbond substituents is 2. The van der Waals surface area contributed by atoms with Gasteiger partial charge in [-0.15, -0.1) is 10.2 Å². The fourth-order valence-electron chi connectivity index (χ4n) is 5.09. The summed E-state index contributed by atoms with van der Waals surface area (Å²) in [5.41, 5.74) is 0.443. The molecule has 0 amide bonds. The molecule has 1 heterocycles. The number of hydrogen-bond acceptors (Lipinski definition) is 20. The van der Waals surface area contributed by atoms with Gasteiger partial charge in [0.05, 0.1) is 38.8 Å². The van der Waals surface area contributed by atoms with E-state index in [1.165, 1.54) is 30.3 Å². The molecule has 23 heteroatoms. The van der Waals surface area contributed by atoms with E-state index in [0.717, 1.165) is 23.1 Å². The van der Waals surface area contributed by atoms with Crippen molar-refractivity contribution < 1.29 is 155 Å². The van der Waals surface area contributed by atoms with Crippen molar-refractivity contribution in [2.45, 2.75) is 16.7 Å². The summed E-state index contributed by atoms with van der Waals surface area (Å²) in [5, 5.41) is 61.5. The molecule has 0 radical (unpaired) electrons. The van der Waals surface area contributed by atoms with E-state index in [1.807, 2.05) is 13.0 Å². The number of phenols is 2. The quantitative estimate of drug-likeness (QED) is 0.0220. The Morgan fingerprint density at radius 3 is 2.24 bits per heavy atom. The summed E-state index contributed by atoms with van der Waals surface area (Å²) in [7, 11) is -5.13. The van der Waals surface area contributed by atoms with Gasteiger partial charge in [-0.1, -0.05) is 42.0 Å². The number of nitrogens with zero attached hydrogens (tertiary/aromatic N) is 5. The van der Waals surface area contributed by atoms with E-state index in [0.29, 0.717) is 5.39 Å². The first-order chi connectivity index (χ1) is 24.9. The van der Waals surface area contributed by atoms with Gasteiger partial charge in [-0.2, -0.15) is 25.2 Å². The van der Waals surface area contributed by atoms with E-state index in [9.17, 15) is 38.3 Å². The van der Waals surface area contributed by atoms with Crippen LogP contribution in [0.2, 0.25) is 0 Å². The first kappa shape index (κ1) is 43.8. The van der Waals surface area contributed by atoms with E-state index in [2.05, 4.69) is 50.0 Å². The molecule has 54 heavy (non-hydrogen) atoms. The van der Waals surface area contributed by atoms with Crippen LogP contribution in [-0.2, 0) is 24.3 Å². The second kappa shape index (κ2) is 18.8. The van der Waals surface area contributed by atoms with E-state index in [1.54, 1.807) is 24.3 Å². The summed E-state index contributed by atoms with van der Waals surface area (Å²) < 4.78 is 41.1. The minimum Gasteiger partial charge on any atom is -0.744 e. The van der Waals surface area contributed by atoms with Crippen LogP contribution in [0.25, 0.3) is 21.5 Å². The van der Waals surface area contributed by atoms with Crippen LogP contribution in [-0.4, -0.2) is 49.2 Å². The molecule has 19 nitrogen and oxygen atoms in total. The number of para-hydroxylation sites is 1. The number of hydrogen-bond donors (Lipinski definition) is 6. The topological polar surface area (TPSA) is 299 Å². The Bertz CT molecular complexity index is 2530. The monoisotopic (exact) mass is 824 g/mol. The second-order valence-electron chi connectivity index (χ2n) is 10.7. The average Bonchev–Trinajstić information content (AvgIpc) is 3.10. The summed E-state index contributed by atoms with van der Waals surface area (Å²) in [5.74, 6) is 2.44. The van der Waals surface area contributed by atoms with Crippen LogP contribution in [0.15, 0.2) is 92.8 Å². The van der Waals surface area contributed by atoms with Crippen LogP contribution < -0.4 is 125 Å². The van der Waals surface area contributed by atoms with E-state index >= 15 is 0 Å². The van der Waals surface area contributed by atoms with Crippen LogP contribution >= 0.6 is 12.0 Å². The Balaban J connectivity index is 0.00000325. The second-order valence-corrected chi connectivity index (χ2v) is 12.8. The zero-order valence-corrected chi connectivity index (χ0v) is 36.0. The fraction of sp³-hybridized carbons (Fsp3) is 0.0323. The number of aromatic hydroxyl groups is 3. The number of carbonyl (C=O) groups is 1. The summed E-state index contributed by atoms with van der Waals surface area (Å²) >= 11 is 0.280. The predicted octanol–water partition coefficient (Wildman–Crippen LogP) is -1.32. The summed E-state index contributed by atoms with van der Waals surface area (Å²) in [6, 6.07) is 16.6. The largest absolute Gasteiger partial charge is 1.00 e. The molecule has 0 spiro atoms. The van der Waals surface area contributed by atoms with E-state index in [4.69, 9.17) is 5.90 Å². The number of azo groups is 1. The first-order valence-corrected chi connectivity index (χ1v) is 16.6. The predicted molar refractivity (Wildman–Crippen MR) is 180 cm³/mol. The smallest absolute Gasteiger partial charge is 0.744 e. The zero-order chi connectivity index (χ0) is 37.2. The van der Waals surface area contributed by atoms with Gasteiger partial charge in [0, 0.05) is 10.8 Å². The van der Waals surface area contributed by atoms with Crippen molar-refractivity contribution in [3.05, 3.63) is 83.9 Å². The molecule has 0 saturated heterocycles. The van der Waals surface area contributed by atoms with E-state index in [-0.39, 0.29) is 170 Å². The van der Waals surface area contributed by atoms with Crippen LogP contribution in [0.3, 0.4) is 0 Å². The van der Waals surface area contributed by atoms with Gasteiger partial charge in [-0.25, -0.2) is 13.2 Å². The number of benzene rings is 5. The van der Waals surface area contributed by atoms with Crippen LogP contribution in [0, 0.1) is 6.92 Å². The van der Waals surface area contributed by atoms with Crippen molar-refractivity contribution in [1.82, 2.24) is 15.0 Å². The Hall–Kier alpha value is -2.93. The maximum atomic E-state index is 12.2. The number of fused-ring (bicyclic) bond motifs is 2. The molecule has 0 unspecified atom stereocenters. The van der Waals surface area contributed by atoms with Gasteiger partial charge in [-0.3, -0.25) is 5.04 Å². The maximum absolute atomic E-state index is 12.2. The average molecular weight is 825 g/mol. The molecule has 1 aromatic heterocycles. The standard InChI is InChI=1S/C31H24N8O11S2.2K/c1-14-6-8-18-15(10-14)7-9-22(40)25(18)38-39-26-23(51-50-49-44)12-16-11-17(52(45,46)47)13-21(24(16)27(26)41)34-30-35-29(36-31(43)37-30)33-20-5-3-2-4-19(20)28(42)48-32;;/h2-13,40-41,44H,32H2,1H3,(H,45,46,47)(H3,33,34,35,36,37,43);;/q;2*+1/p-2. The van der Waals surface area contributed by atoms with Crippen molar-refractivity contribution in [3.8, 4) is 17.5 Å². The number of aryl methyl sites for hydroxylation is 1. The van der Waals surface area contributed by atoms with Crippen molar-refractivity contribution >= 4 is 84.3 Å². The van der Waals surface area contributed by atoms with Crippen molar-refractivity contribution in [1.29, 1.82) is 0 Å². The number of aromatic nitrogens is 3. The first-order valence-electron chi connectivity index (χ1n) is 14.4. The number of nitrogens with one attached hydrogen (secondary N) is 2. The van der Waals surface area contributed by atoms with Crippen molar-refractivity contribution in [2.75, 3.05) is 10.6 Å². The minimum atomic E-state index is -5.13. The summed E-state index contributed by atoms with van der Waals surface area (Å²) in [4.78, 5) is 27.2. The van der Waals surface area contributed by atoms with Gasteiger partial charge in [0.1, 0.15) is 27.2 Å². The fourth-order valence-corrected chi connectivity index (χ4v) is 6.12. The Kier molecular flexibility index (Phi) is 15.3. The molecule has 0 atom stereocenters. The molecular formula is C31H22K2N8O11S2. The van der Waals surface area contributed by atoms with Gasteiger partial charge in [0.15, 0.2) is 5.75 Å². The van der Waals surface area contributed by atoms with Crippen molar-refractivity contribution in [2.24, 2.45) is 16.1 Å². The third-order valence-electron chi connectivity index (χ3n) is 7.31. The molecule has 0 bridgehead atoms. The zero-order valence-electron chi connectivity index (χ0n) is 28.2. The van der Waals surface area contributed by atoms with Gasteiger partial charge >= 0.3 is 115 Å². The Morgan fingerprint density at radius 1 is 0.870 bits per heavy atom. The molecule has 7 N–H and O–H groups in total. The number of anilines is 4. The minimum absolute atomic E-state index is 0. The van der Waals surface area contributed by atoms with Crippen LogP contribution in [0.4, 0.5) is 34.6 Å². The maximum Gasteiger partial charge on any atom is 1.00 e. The van der Waals surface area contributed by atoms with Gasteiger partial charge in [0.2, 0.25) is 11.9 Å². The Labute approximate surface area is 394 Å². The van der Waals surface area contributed by atoms with Gasteiger partial charge in [-0.05, 0) is 54.1 Å². The third-order valence-corrected chi connectivity index (χ3v) is 8.74. The molecule has 5 aromatic carbocycles. The van der Waals surface area contributed by atoms with E-state index < -0.39 is 38.7 Å². The normalized spacial score (nSPS) is 11.3. The van der Waals surface area contributed by atoms with Crippen LogP contribution in [0.1, 0.15) is 15.9 Å². The number of carbonyl (C=O) groups excluding carboxylic acids is 1. The molecule has 0 fully saturated rings. The summed E-state index contributed by atoms with van der Waals surface area (Å²) in [6.45, 7) is 1.88. The third kappa shape index (κ3) is 9.89.